The lowest BCUT2D eigenvalue weighted by Gasteiger charge is -2.26. The fraction of sp³-hybridized carbons (Fsp3) is 0.455. The van der Waals surface area contributed by atoms with Gasteiger partial charge in [0.05, 0.1) is 31.4 Å². The maximum atomic E-state index is 12.7. The molecule has 2 saturated heterocycles. The van der Waals surface area contributed by atoms with Gasteiger partial charge in [-0.3, -0.25) is 9.59 Å². The molecule has 3 heterocycles. The molecule has 8 heteroatoms. The van der Waals surface area contributed by atoms with Crippen molar-refractivity contribution in [2.45, 2.75) is 26.8 Å². The van der Waals surface area contributed by atoms with Crippen LogP contribution in [-0.2, 0) is 20.9 Å². The van der Waals surface area contributed by atoms with Crippen molar-refractivity contribution < 1.29 is 14.3 Å². The summed E-state index contributed by atoms with van der Waals surface area (Å²) < 4.78 is 5.36. The molecular formula is C22H27N5O3. The van der Waals surface area contributed by atoms with Crippen molar-refractivity contribution >= 4 is 23.5 Å². The molecule has 1 N–H and O–H groups in total. The fourth-order valence-electron chi connectivity index (χ4n) is 3.75. The van der Waals surface area contributed by atoms with E-state index in [9.17, 15) is 9.59 Å². The summed E-state index contributed by atoms with van der Waals surface area (Å²) in [6.45, 7) is 7.62. The molecule has 2 amide bonds. The second-order valence-corrected chi connectivity index (χ2v) is 7.84. The van der Waals surface area contributed by atoms with E-state index in [1.807, 2.05) is 32.0 Å². The van der Waals surface area contributed by atoms with E-state index in [0.29, 0.717) is 32.3 Å². The largest absolute Gasteiger partial charge is 0.378 e. The van der Waals surface area contributed by atoms with Crippen molar-refractivity contribution in [3.63, 3.8) is 0 Å². The molecular weight excluding hydrogens is 382 g/mol. The number of nitrogens with zero attached hydrogens (tertiary/aromatic N) is 4. The zero-order valence-electron chi connectivity index (χ0n) is 17.4. The van der Waals surface area contributed by atoms with Gasteiger partial charge >= 0.3 is 0 Å². The molecule has 2 aliphatic heterocycles. The predicted octanol–water partition coefficient (Wildman–Crippen LogP) is 1.60. The van der Waals surface area contributed by atoms with Crippen LogP contribution in [0.2, 0.25) is 0 Å². The van der Waals surface area contributed by atoms with Gasteiger partial charge in [0.2, 0.25) is 17.8 Å². The number of ether oxygens (including phenoxy) is 1. The summed E-state index contributed by atoms with van der Waals surface area (Å²) in [5.41, 5.74) is 3.91. The Morgan fingerprint density at radius 3 is 2.77 bits per heavy atom. The van der Waals surface area contributed by atoms with Crippen molar-refractivity contribution in [1.82, 2.24) is 15.3 Å². The summed E-state index contributed by atoms with van der Waals surface area (Å²) in [5, 5.41) is 2.93. The molecule has 2 aliphatic rings. The van der Waals surface area contributed by atoms with Crippen LogP contribution in [0.25, 0.3) is 0 Å². The lowest BCUT2D eigenvalue weighted by molar-refractivity contribution is -0.126. The number of aryl methyl sites for hydroxylation is 2. The second kappa shape index (κ2) is 8.79. The van der Waals surface area contributed by atoms with Crippen LogP contribution in [-0.4, -0.2) is 54.6 Å². The molecule has 0 radical (unpaired) electrons. The Hall–Kier alpha value is -3.00. The molecule has 8 nitrogen and oxygen atoms in total. The third kappa shape index (κ3) is 4.43. The fourth-order valence-corrected chi connectivity index (χ4v) is 3.75. The summed E-state index contributed by atoms with van der Waals surface area (Å²) in [6.07, 6.45) is 1.93. The van der Waals surface area contributed by atoms with Crippen LogP contribution in [0, 0.1) is 19.8 Å². The Morgan fingerprint density at radius 2 is 2.00 bits per heavy atom. The second-order valence-electron chi connectivity index (χ2n) is 7.84. The number of hydrogen-bond acceptors (Lipinski definition) is 6. The molecule has 0 spiro atoms. The normalized spacial score (nSPS) is 19.3. The molecule has 2 aromatic rings. The van der Waals surface area contributed by atoms with E-state index in [1.54, 1.807) is 17.2 Å². The van der Waals surface area contributed by atoms with Gasteiger partial charge < -0.3 is 19.9 Å². The lowest BCUT2D eigenvalue weighted by atomic mass is 10.1. The molecule has 30 heavy (non-hydrogen) atoms. The van der Waals surface area contributed by atoms with E-state index in [4.69, 9.17) is 4.74 Å². The van der Waals surface area contributed by atoms with Gasteiger partial charge in [-0.05, 0) is 43.2 Å². The molecule has 0 bridgehead atoms. The SMILES string of the molecule is Cc1ccc(N2CC(C(=O)NCc3ccnc(N4CCOCC4)n3)CC2=O)cc1C. The van der Waals surface area contributed by atoms with E-state index in [2.05, 4.69) is 20.2 Å². The number of aromatic nitrogens is 2. The number of benzene rings is 1. The number of anilines is 2. The van der Waals surface area contributed by atoms with Gasteiger partial charge in [-0.2, -0.15) is 0 Å². The first kappa shape index (κ1) is 20.3. The summed E-state index contributed by atoms with van der Waals surface area (Å²) >= 11 is 0. The number of rotatable bonds is 5. The predicted molar refractivity (Wildman–Crippen MR) is 113 cm³/mol. The highest BCUT2D eigenvalue weighted by atomic mass is 16.5. The number of nitrogens with one attached hydrogen (secondary N) is 1. The monoisotopic (exact) mass is 409 g/mol. The highest BCUT2D eigenvalue weighted by Gasteiger charge is 2.35. The zero-order valence-corrected chi connectivity index (χ0v) is 17.4. The van der Waals surface area contributed by atoms with Crippen molar-refractivity contribution in [2.24, 2.45) is 5.92 Å². The van der Waals surface area contributed by atoms with Crippen molar-refractivity contribution in [2.75, 3.05) is 42.6 Å². The van der Waals surface area contributed by atoms with Gasteiger partial charge in [0.25, 0.3) is 0 Å². The maximum absolute atomic E-state index is 12.7. The minimum absolute atomic E-state index is 0.0185. The molecule has 158 valence electrons. The average Bonchev–Trinajstić information content (AvgIpc) is 3.16. The standard InChI is InChI=1S/C22H27N5O3/c1-15-3-4-19(11-16(15)2)27-14-17(12-20(27)28)21(29)24-13-18-5-6-23-22(25-18)26-7-9-30-10-8-26/h3-6,11,17H,7-10,12-14H2,1-2H3,(H,24,29). The number of hydrogen-bond donors (Lipinski definition) is 1. The summed E-state index contributed by atoms with van der Waals surface area (Å²) in [4.78, 5) is 37.8. The Balaban J connectivity index is 1.35. The highest BCUT2D eigenvalue weighted by molar-refractivity contribution is 6.00. The number of carbonyl (C=O) groups is 2. The van der Waals surface area contributed by atoms with E-state index >= 15 is 0 Å². The lowest BCUT2D eigenvalue weighted by Crippen LogP contribution is -2.37. The minimum Gasteiger partial charge on any atom is -0.378 e. The molecule has 1 aromatic carbocycles. The quantitative estimate of drug-likeness (QED) is 0.807. The van der Waals surface area contributed by atoms with Crippen molar-refractivity contribution in [3.8, 4) is 0 Å². The van der Waals surface area contributed by atoms with E-state index < -0.39 is 0 Å². The van der Waals surface area contributed by atoms with Crippen LogP contribution in [0.15, 0.2) is 30.5 Å². The number of amides is 2. The van der Waals surface area contributed by atoms with Gasteiger partial charge in [-0.1, -0.05) is 6.07 Å². The number of morpholine rings is 1. The van der Waals surface area contributed by atoms with Gasteiger partial charge in [0.1, 0.15) is 0 Å². The third-order valence-electron chi connectivity index (χ3n) is 5.74. The summed E-state index contributed by atoms with van der Waals surface area (Å²) in [6, 6.07) is 7.74. The molecule has 1 aromatic heterocycles. The van der Waals surface area contributed by atoms with Crippen LogP contribution in [0.4, 0.5) is 11.6 Å². The summed E-state index contributed by atoms with van der Waals surface area (Å²) in [5.74, 6) is 0.151. The highest BCUT2D eigenvalue weighted by Crippen LogP contribution is 2.27. The van der Waals surface area contributed by atoms with Gasteiger partial charge in [-0.15, -0.1) is 0 Å². The first-order valence-corrected chi connectivity index (χ1v) is 10.3. The molecule has 1 atom stereocenters. The molecule has 2 fully saturated rings. The Morgan fingerprint density at radius 1 is 1.20 bits per heavy atom. The molecule has 4 rings (SSSR count). The van der Waals surface area contributed by atoms with E-state index in [1.165, 1.54) is 5.56 Å². The Labute approximate surface area is 176 Å². The number of carbonyl (C=O) groups excluding carboxylic acids is 2. The molecule has 0 saturated carbocycles. The maximum Gasteiger partial charge on any atom is 0.227 e. The van der Waals surface area contributed by atoms with Crippen LogP contribution < -0.4 is 15.1 Å². The van der Waals surface area contributed by atoms with Gasteiger partial charge in [-0.25, -0.2) is 9.97 Å². The smallest absolute Gasteiger partial charge is 0.227 e. The minimum atomic E-state index is -0.361. The molecule has 0 aliphatic carbocycles. The van der Waals surface area contributed by atoms with Gasteiger partial charge in [0, 0.05) is 37.9 Å². The van der Waals surface area contributed by atoms with E-state index in [0.717, 1.165) is 30.0 Å². The zero-order chi connectivity index (χ0) is 21.1. The first-order chi connectivity index (χ1) is 14.5. The molecule has 1 unspecified atom stereocenters. The van der Waals surface area contributed by atoms with Gasteiger partial charge in [0.15, 0.2) is 0 Å². The van der Waals surface area contributed by atoms with Crippen molar-refractivity contribution in [1.29, 1.82) is 0 Å². The summed E-state index contributed by atoms with van der Waals surface area (Å²) in [7, 11) is 0. The Bertz CT molecular complexity index is 942. The van der Waals surface area contributed by atoms with Crippen LogP contribution >= 0.6 is 0 Å². The Kier molecular flexibility index (Phi) is 5.94. The van der Waals surface area contributed by atoms with Crippen LogP contribution in [0.5, 0.6) is 0 Å². The van der Waals surface area contributed by atoms with Crippen molar-refractivity contribution in [3.05, 3.63) is 47.3 Å². The van der Waals surface area contributed by atoms with Crippen LogP contribution in [0.3, 0.4) is 0 Å². The third-order valence-corrected chi connectivity index (χ3v) is 5.74. The average molecular weight is 409 g/mol. The topological polar surface area (TPSA) is 87.7 Å². The van der Waals surface area contributed by atoms with Crippen LogP contribution in [0.1, 0.15) is 23.2 Å². The van der Waals surface area contributed by atoms with E-state index in [-0.39, 0.29) is 24.2 Å². The first-order valence-electron chi connectivity index (χ1n) is 10.3.